The highest BCUT2D eigenvalue weighted by atomic mass is 35.5. The first-order chi connectivity index (χ1) is 21.1. The van der Waals surface area contributed by atoms with Crippen LogP contribution < -0.4 is 9.62 Å². The molecule has 4 aromatic rings. The molecule has 0 aromatic heterocycles. The Labute approximate surface area is 269 Å². The summed E-state index contributed by atoms with van der Waals surface area (Å²) in [4.78, 5) is 29.7. The van der Waals surface area contributed by atoms with E-state index in [1.807, 2.05) is 74.5 Å². The molecule has 4 aromatic carbocycles. The predicted molar refractivity (Wildman–Crippen MR) is 176 cm³/mol. The number of carbonyl (C=O) groups is 2. The van der Waals surface area contributed by atoms with E-state index in [1.165, 1.54) is 35.2 Å². The number of anilines is 1. The molecule has 7 nitrogen and oxygen atoms in total. The van der Waals surface area contributed by atoms with Crippen molar-refractivity contribution in [2.24, 2.45) is 0 Å². The smallest absolute Gasteiger partial charge is 0.264 e. The van der Waals surface area contributed by atoms with E-state index < -0.39 is 28.5 Å². The normalized spacial score (nSPS) is 12.6. The van der Waals surface area contributed by atoms with Gasteiger partial charge >= 0.3 is 0 Å². The number of rotatable bonds is 13. The fourth-order valence-electron chi connectivity index (χ4n) is 4.67. The number of amides is 2. The van der Waals surface area contributed by atoms with Crippen molar-refractivity contribution in [3.8, 4) is 0 Å². The number of benzene rings is 4. The van der Waals surface area contributed by atoms with Crippen molar-refractivity contribution >= 4 is 50.7 Å². The SMILES string of the molecule is CCC(C)NC(=O)C(Cc1ccccc1)N(Cc1ccccc1)C(=O)CN(c1cccc(Cl)c1)S(=O)(=O)c1ccc(Cl)cc1. The lowest BCUT2D eigenvalue weighted by Gasteiger charge is -2.34. The van der Waals surface area contributed by atoms with Crippen LogP contribution in [0.4, 0.5) is 5.69 Å². The van der Waals surface area contributed by atoms with E-state index in [0.717, 1.165) is 15.4 Å². The van der Waals surface area contributed by atoms with Crippen molar-refractivity contribution in [1.29, 1.82) is 0 Å². The first-order valence-electron chi connectivity index (χ1n) is 14.3. The first kappa shape index (κ1) is 33.1. The van der Waals surface area contributed by atoms with E-state index in [0.29, 0.717) is 16.5 Å². The van der Waals surface area contributed by atoms with Gasteiger partial charge in [0.25, 0.3) is 10.0 Å². The summed E-state index contributed by atoms with van der Waals surface area (Å²) in [5, 5.41) is 3.71. The predicted octanol–water partition coefficient (Wildman–Crippen LogP) is 6.74. The molecule has 2 unspecified atom stereocenters. The van der Waals surface area contributed by atoms with Crippen LogP contribution in [0.1, 0.15) is 31.4 Å². The number of sulfonamides is 1. The van der Waals surface area contributed by atoms with Crippen molar-refractivity contribution in [2.75, 3.05) is 10.8 Å². The van der Waals surface area contributed by atoms with Gasteiger partial charge < -0.3 is 10.2 Å². The van der Waals surface area contributed by atoms with Gasteiger partial charge in [-0.3, -0.25) is 13.9 Å². The molecular formula is C34H35Cl2N3O4S. The number of hydrogen-bond donors (Lipinski definition) is 1. The van der Waals surface area contributed by atoms with Crippen molar-refractivity contribution in [2.45, 2.75) is 50.2 Å². The van der Waals surface area contributed by atoms with E-state index in [4.69, 9.17) is 23.2 Å². The summed E-state index contributed by atoms with van der Waals surface area (Å²) < 4.78 is 29.1. The maximum absolute atomic E-state index is 14.4. The fraction of sp³-hybridized carbons (Fsp3) is 0.235. The second-order valence-electron chi connectivity index (χ2n) is 10.5. The van der Waals surface area contributed by atoms with Crippen LogP contribution in [0.2, 0.25) is 10.0 Å². The fourth-order valence-corrected chi connectivity index (χ4v) is 6.39. The van der Waals surface area contributed by atoms with Crippen LogP contribution in [0, 0.1) is 0 Å². The van der Waals surface area contributed by atoms with Gasteiger partial charge in [-0.15, -0.1) is 0 Å². The Hall–Kier alpha value is -3.85. The molecule has 2 atom stereocenters. The third kappa shape index (κ3) is 8.62. The maximum atomic E-state index is 14.4. The van der Waals surface area contributed by atoms with E-state index in [1.54, 1.807) is 18.2 Å². The molecule has 1 N–H and O–H groups in total. The lowest BCUT2D eigenvalue weighted by Crippen LogP contribution is -2.54. The Morgan fingerprint density at radius 2 is 1.41 bits per heavy atom. The van der Waals surface area contributed by atoms with Crippen LogP contribution >= 0.6 is 23.2 Å². The van der Waals surface area contributed by atoms with E-state index in [-0.39, 0.29) is 35.5 Å². The molecule has 0 aliphatic rings. The van der Waals surface area contributed by atoms with E-state index in [9.17, 15) is 18.0 Å². The topological polar surface area (TPSA) is 86.8 Å². The molecule has 0 radical (unpaired) electrons. The van der Waals surface area contributed by atoms with E-state index in [2.05, 4.69) is 5.32 Å². The van der Waals surface area contributed by atoms with Gasteiger partial charge in [0.2, 0.25) is 11.8 Å². The minimum absolute atomic E-state index is 0.0420. The van der Waals surface area contributed by atoms with Gasteiger partial charge in [-0.25, -0.2) is 8.42 Å². The zero-order valence-electron chi connectivity index (χ0n) is 24.6. The molecule has 0 bridgehead atoms. The number of halogens is 2. The summed E-state index contributed by atoms with van der Waals surface area (Å²) in [5.74, 6) is -0.867. The zero-order valence-corrected chi connectivity index (χ0v) is 26.9. The second kappa shape index (κ2) is 15.2. The Bertz CT molecular complexity index is 1650. The van der Waals surface area contributed by atoms with Gasteiger partial charge in [0.05, 0.1) is 10.6 Å². The van der Waals surface area contributed by atoms with Crippen LogP contribution in [0.3, 0.4) is 0 Å². The Morgan fingerprint density at radius 1 is 0.795 bits per heavy atom. The number of hydrogen-bond acceptors (Lipinski definition) is 4. The van der Waals surface area contributed by atoms with Crippen LogP contribution in [0.5, 0.6) is 0 Å². The van der Waals surface area contributed by atoms with Crippen LogP contribution in [0.15, 0.2) is 114 Å². The number of nitrogens with zero attached hydrogens (tertiary/aromatic N) is 2. The number of carbonyl (C=O) groups excluding carboxylic acids is 2. The van der Waals surface area contributed by atoms with Crippen LogP contribution in [-0.4, -0.2) is 43.8 Å². The molecule has 10 heteroatoms. The molecule has 230 valence electrons. The maximum Gasteiger partial charge on any atom is 0.264 e. The molecule has 0 fully saturated rings. The largest absolute Gasteiger partial charge is 0.352 e. The van der Waals surface area contributed by atoms with Crippen molar-refractivity contribution in [3.05, 3.63) is 130 Å². The molecule has 0 heterocycles. The summed E-state index contributed by atoms with van der Waals surface area (Å²) in [6.45, 7) is 3.39. The summed E-state index contributed by atoms with van der Waals surface area (Å²) in [7, 11) is -4.25. The van der Waals surface area contributed by atoms with Crippen LogP contribution in [-0.2, 0) is 32.6 Å². The molecule has 0 aliphatic carbocycles. The molecule has 0 saturated carbocycles. The van der Waals surface area contributed by atoms with Gasteiger partial charge in [-0.1, -0.05) is 96.9 Å². The highest BCUT2D eigenvalue weighted by Gasteiger charge is 2.35. The molecular weight excluding hydrogens is 617 g/mol. The number of nitrogens with one attached hydrogen (secondary N) is 1. The molecule has 0 aliphatic heterocycles. The monoisotopic (exact) mass is 651 g/mol. The first-order valence-corrected chi connectivity index (χ1v) is 16.5. The van der Waals surface area contributed by atoms with Gasteiger partial charge in [0.1, 0.15) is 12.6 Å². The molecule has 4 rings (SSSR count). The highest BCUT2D eigenvalue weighted by Crippen LogP contribution is 2.28. The molecule has 44 heavy (non-hydrogen) atoms. The van der Waals surface area contributed by atoms with Crippen molar-refractivity contribution in [3.63, 3.8) is 0 Å². The standard InChI is InChI=1S/C34H35Cl2N3O4S/c1-3-25(2)37-34(41)32(21-26-11-6-4-7-12-26)38(23-27-13-8-5-9-14-27)33(40)24-39(30-16-10-15-29(36)22-30)44(42,43)31-19-17-28(35)18-20-31/h4-20,22,25,32H,3,21,23-24H2,1-2H3,(H,37,41). The average molecular weight is 653 g/mol. The summed E-state index contributed by atoms with van der Waals surface area (Å²) >= 11 is 12.3. The summed E-state index contributed by atoms with van der Waals surface area (Å²) in [6.07, 6.45) is 0.946. The lowest BCUT2D eigenvalue weighted by molar-refractivity contribution is -0.140. The van der Waals surface area contributed by atoms with Gasteiger partial charge in [0, 0.05) is 29.1 Å². The second-order valence-corrected chi connectivity index (χ2v) is 13.2. The van der Waals surface area contributed by atoms with Crippen LogP contribution in [0.25, 0.3) is 0 Å². The van der Waals surface area contributed by atoms with E-state index >= 15 is 0 Å². The molecule has 0 spiro atoms. The Balaban J connectivity index is 1.79. The third-order valence-corrected chi connectivity index (χ3v) is 9.52. The highest BCUT2D eigenvalue weighted by molar-refractivity contribution is 7.92. The minimum atomic E-state index is -4.25. The van der Waals surface area contributed by atoms with Gasteiger partial charge in [-0.05, 0) is 66.9 Å². The lowest BCUT2D eigenvalue weighted by atomic mass is 10.0. The third-order valence-electron chi connectivity index (χ3n) is 7.24. The minimum Gasteiger partial charge on any atom is -0.352 e. The summed E-state index contributed by atoms with van der Waals surface area (Å²) in [6, 6.07) is 29.7. The van der Waals surface area contributed by atoms with Gasteiger partial charge in [-0.2, -0.15) is 0 Å². The van der Waals surface area contributed by atoms with Crippen molar-refractivity contribution < 1.29 is 18.0 Å². The Morgan fingerprint density at radius 3 is 2.00 bits per heavy atom. The Kier molecular flexibility index (Phi) is 11.4. The zero-order chi connectivity index (χ0) is 31.7. The summed E-state index contributed by atoms with van der Waals surface area (Å²) in [5.41, 5.74) is 1.87. The quantitative estimate of drug-likeness (QED) is 0.173. The average Bonchev–Trinajstić information content (AvgIpc) is 3.02. The van der Waals surface area contributed by atoms with Crippen molar-refractivity contribution in [1.82, 2.24) is 10.2 Å². The van der Waals surface area contributed by atoms with Gasteiger partial charge in [0.15, 0.2) is 0 Å². The molecule has 2 amide bonds. The molecule has 0 saturated heterocycles.